The zero-order valence-corrected chi connectivity index (χ0v) is 11.3. The maximum Gasteiger partial charge on any atom is 0.147 e. The predicted molar refractivity (Wildman–Crippen MR) is 70.1 cm³/mol. The molecule has 0 aromatic carbocycles. The lowest BCUT2D eigenvalue weighted by molar-refractivity contribution is -0.125. The minimum atomic E-state index is 0.193. The fourth-order valence-electron chi connectivity index (χ4n) is 3.55. The molecule has 3 nitrogen and oxygen atoms in total. The van der Waals surface area contributed by atoms with Crippen LogP contribution in [0.3, 0.4) is 0 Å². The average molecular weight is 238 g/mol. The van der Waals surface area contributed by atoms with E-state index in [1.165, 1.54) is 38.6 Å². The Labute approximate surface area is 105 Å². The van der Waals surface area contributed by atoms with Crippen LogP contribution < -0.4 is 0 Å². The zero-order valence-electron chi connectivity index (χ0n) is 11.3. The van der Waals surface area contributed by atoms with Crippen LogP contribution in [0.4, 0.5) is 0 Å². The van der Waals surface area contributed by atoms with Crippen LogP contribution in [0.5, 0.6) is 0 Å². The first-order valence-electron chi connectivity index (χ1n) is 7.11. The lowest BCUT2D eigenvalue weighted by atomic mass is 9.87. The summed E-state index contributed by atoms with van der Waals surface area (Å²) in [6.45, 7) is 6.34. The van der Waals surface area contributed by atoms with Gasteiger partial charge in [0.1, 0.15) is 5.78 Å². The third-order valence-corrected chi connectivity index (χ3v) is 4.31. The zero-order chi connectivity index (χ0) is 12.3. The van der Waals surface area contributed by atoms with Crippen LogP contribution in [0.25, 0.3) is 0 Å². The fourth-order valence-corrected chi connectivity index (χ4v) is 3.55. The van der Waals surface area contributed by atoms with Gasteiger partial charge in [-0.1, -0.05) is 6.42 Å². The molecule has 0 saturated carbocycles. The Morgan fingerprint density at radius 3 is 2.41 bits per heavy atom. The van der Waals surface area contributed by atoms with Crippen molar-refractivity contribution < 1.29 is 4.79 Å². The number of piperidine rings is 2. The highest BCUT2D eigenvalue weighted by atomic mass is 16.1. The van der Waals surface area contributed by atoms with Crippen LogP contribution in [0.1, 0.15) is 39.0 Å². The summed E-state index contributed by atoms with van der Waals surface area (Å²) in [5, 5.41) is 0. The Balaban J connectivity index is 2.02. The quantitative estimate of drug-likeness (QED) is 0.748. The molecule has 0 spiro atoms. The molecule has 98 valence electrons. The van der Waals surface area contributed by atoms with Crippen molar-refractivity contribution in [1.29, 1.82) is 0 Å². The molecule has 2 heterocycles. The largest absolute Gasteiger partial charge is 0.306 e. The van der Waals surface area contributed by atoms with E-state index in [2.05, 4.69) is 16.8 Å². The van der Waals surface area contributed by atoms with Crippen LogP contribution in [0, 0.1) is 5.92 Å². The second-order valence-corrected chi connectivity index (χ2v) is 5.82. The molecule has 2 atom stereocenters. The molecule has 2 fully saturated rings. The number of rotatable bonds is 3. The number of carbonyl (C=O) groups is 1. The topological polar surface area (TPSA) is 23.6 Å². The summed E-state index contributed by atoms with van der Waals surface area (Å²) in [6.07, 6.45) is 6.36. The Kier molecular flexibility index (Phi) is 4.57. The van der Waals surface area contributed by atoms with Gasteiger partial charge in [-0.05, 0) is 65.2 Å². The minimum Gasteiger partial charge on any atom is -0.306 e. The number of nitrogens with zero attached hydrogens (tertiary/aromatic N) is 2. The van der Waals surface area contributed by atoms with Crippen molar-refractivity contribution in [2.24, 2.45) is 5.92 Å². The molecule has 0 aromatic rings. The van der Waals surface area contributed by atoms with Crippen LogP contribution >= 0.6 is 0 Å². The highest BCUT2D eigenvalue weighted by Crippen LogP contribution is 2.25. The maximum atomic E-state index is 12.0. The molecule has 2 saturated heterocycles. The van der Waals surface area contributed by atoms with Gasteiger partial charge in [0.15, 0.2) is 0 Å². The predicted octanol–water partition coefficient (Wildman–Crippen LogP) is 1.77. The van der Waals surface area contributed by atoms with Gasteiger partial charge >= 0.3 is 0 Å². The van der Waals surface area contributed by atoms with E-state index in [1.54, 1.807) is 6.92 Å². The smallest absolute Gasteiger partial charge is 0.147 e. The summed E-state index contributed by atoms with van der Waals surface area (Å²) in [7, 11) is 2.18. The summed E-state index contributed by atoms with van der Waals surface area (Å²) in [5.74, 6) is 0.941. The molecular formula is C14H26N2O. The second kappa shape index (κ2) is 5.96. The first kappa shape index (κ1) is 13.0. The van der Waals surface area contributed by atoms with Crippen LogP contribution in [0.15, 0.2) is 0 Å². The van der Waals surface area contributed by atoms with Crippen molar-refractivity contribution in [1.82, 2.24) is 9.80 Å². The molecule has 17 heavy (non-hydrogen) atoms. The SMILES string of the molecule is CC(=O)C(C1CCCN(C)C1)N1CCCCC1. The minimum absolute atomic E-state index is 0.193. The van der Waals surface area contributed by atoms with E-state index >= 15 is 0 Å². The summed E-state index contributed by atoms with van der Waals surface area (Å²) in [4.78, 5) is 16.8. The molecule has 2 rings (SSSR count). The lowest BCUT2D eigenvalue weighted by Gasteiger charge is -2.41. The molecule has 0 aromatic heterocycles. The first-order valence-corrected chi connectivity index (χ1v) is 7.11. The van der Waals surface area contributed by atoms with E-state index in [9.17, 15) is 4.79 Å². The molecule has 3 heteroatoms. The second-order valence-electron chi connectivity index (χ2n) is 5.82. The standard InChI is InChI=1S/C14H26N2O/c1-12(17)14(16-9-4-3-5-10-16)13-7-6-8-15(2)11-13/h13-14H,3-11H2,1-2H3. The van der Waals surface area contributed by atoms with Crippen molar-refractivity contribution in [3.05, 3.63) is 0 Å². The van der Waals surface area contributed by atoms with Gasteiger partial charge in [-0.15, -0.1) is 0 Å². The number of hydrogen-bond acceptors (Lipinski definition) is 3. The van der Waals surface area contributed by atoms with Crippen LogP contribution in [-0.2, 0) is 4.79 Å². The Bertz CT molecular complexity index is 261. The molecule has 2 aliphatic heterocycles. The van der Waals surface area contributed by atoms with Gasteiger partial charge < -0.3 is 4.90 Å². The highest BCUT2D eigenvalue weighted by Gasteiger charge is 2.33. The molecule has 0 bridgehead atoms. The van der Waals surface area contributed by atoms with Gasteiger partial charge in [-0.25, -0.2) is 0 Å². The van der Waals surface area contributed by atoms with Crippen molar-refractivity contribution in [2.45, 2.75) is 45.1 Å². The van der Waals surface area contributed by atoms with E-state index in [1.807, 2.05) is 0 Å². The van der Waals surface area contributed by atoms with E-state index in [0.29, 0.717) is 11.7 Å². The first-order chi connectivity index (χ1) is 8.18. The molecule has 0 aliphatic carbocycles. The fraction of sp³-hybridized carbons (Fsp3) is 0.929. The molecule has 2 unspecified atom stereocenters. The summed E-state index contributed by atoms with van der Waals surface area (Å²) < 4.78 is 0. The molecule has 0 amide bonds. The van der Waals surface area contributed by atoms with E-state index in [0.717, 1.165) is 19.6 Å². The molecule has 0 radical (unpaired) electrons. The number of likely N-dealkylation sites (tertiary alicyclic amines) is 2. The molecule has 0 N–H and O–H groups in total. The van der Waals surface area contributed by atoms with Gasteiger partial charge in [0.25, 0.3) is 0 Å². The monoisotopic (exact) mass is 238 g/mol. The molecular weight excluding hydrogens is 212 g/mol. The number of carbonyl (C=O) groups excluding carboxylic acids is 1. The van der Waals surface area contributed by atoms with Gasteiger partial charge in [0.05, 0.1) is 6.04 Å². The van der Waals surface area contributed by atoms with Gasteiger partial charge in [0.2, 0.25) is 0 Å². The van der Waals surface area contributed by atoms with E-state index in [-0.39, 0.29) is 6.04 Å². The lowest BCUT2D eigenvalue weighted by Crippen LogP contribution is -2.51. The normalized spacial score (nSPS) is 30.1. The van der Waals surface area contributed by atoms with Gasteiger partial charge in [0, 0.05) is 6.54 Å². The number of ketones is 1. The Hall–Kier alpha value is -0.410. The molecule has 2 aliphatic rings. The van der Waals surface area contributed by atoms with Crippen LogP contribution in [-0.4, -0.2) is 54.9 Å². The van der Waals surface area contributed by atoms with Crippen molar-refractivity contribution in [2.75, 3.05) is 33.2 Å². The van der Waals surface area contributed by atoms with E-state index in [4.69, 9.17) is 0 Å². The number of hydrogen-bond donors (Lipinski definition) is 0. The Morgan fingerprint density at radius 1 is 1.12 bits per heavy atom. The maximum absolute atomic E-state index is 12.0. The third-order valence-electron chi connectivity index (χ3n) is 4.31. The van der Waals surface area contributed by atoms with Gasteiger partial charge in [-0.3, -0.25) is 9.69 Å². The number of Topliss-reactive ketones (excluding diaryl/α,β-unsaturated/α-hetero) is 1. The average Bonchev–Trinajstić information content (AvgIpc) is 2.30. The Morgan fingerprint density at radius 2 is 1.82 bits per heavy atom. The van der Waals surface area contributed by atoms with Gasteiger partial charge in [-0.2, -0.15) is 0 Å². The summed E-state index contributed by atoms with van der Waals surface area (Å²) in [5.41, 5.74) is 0. The van der Waals surface area contributed by atoms with Crippen molar-refractivity contribution in [3.63, 3.8) is 0 Å². The van der Waals surface area contributed by atoms with Crippen LogP contribution in [0.2, 0.25) is 0 Å². The third kappa shape index (κ3) is 3.29. The van der Waals surface area contributed by atoms with Crippen molar-refractivity contribution in [3.8, 4) is 0 Å². The van der Waals surface area contributed by atoms with E-state index < -0.39 is 0 Å². The summed E-state index contributed by atoms with van der Waals surface area (Å²) in [6, 6.07) is 0.193. The highest BCUT2D eigenvalue weighted by molar-refractivity contribution is 5.81. The summed E-state index contributed by atoms with van der Waals surface area (Å²) >= 11 is 0. The van der Waals surface area contributed by atoms with Crippen molar-refractivity contribution >= 4 is 5.78 Å².